The van der Waals surface area contributed by atoms with E-state index in [2.05, 4.69) is 12.2 Å². The highest BCUT2D eigenvalue weighted by Crippen LogP contribution is 2.31. The van der Waals surface area contributed by atoms with E-state index < -0.39 is 6.04 Å². The van der Waals surface area contributed by atoms with Gasteiger partial charge in [-0.05, 0) is 25.8 Å². The molecule has 2 rings (SSSR count). The van der Waals surface area contributed by atoms with Crippen molar-refractivity contribution in [1.82, 2.24) is 10.2 Å². The highest BCUT2D eigenvalue weighted by atomic mass is 16.5. The van der Waals surface area contributed by atoms with E-state index in [0.717, 1.165) is 18.4 Å². The molecular weight excluding hydrogens is 436 g/mol. The summed E-state index contributed by atoms with van der Waals surface area (Å²) >= 11 is 0. The first kappa shape index (κ1) is 28.9. The summed E-state index contributed by atoms with van der Waals surface area (Å²) < 4.78 is 5.34. The first-order valence-corrected chi connectivity index (χ1v) is 14.1. The third-order valence-corrected chi connectivity index (χ3v) is 6.96. The van der Waals surface area contributed by atoms with Gasteiger partial charge in [-0.2, -0.15) is 0 Å². The monoisotopic (exact) mass is 484 g/mol. The summed E-state index contributed by atoms with van der Waals surface area (Å²) in [6.07, 6.45) is 18.2. The summed E-state index contributed by atoms with van der Waals surface area (Å²) in [5, 5.41) is 3.03. The molecule has 5 nitrogen and oxygen atoms in total. The first-order valence-electron chi connectivity index (χ1n) is 14.1. The zero-order valence-electron chi connectivity index (χ0n) is 22.4. The van der Waals surface area contributed by atoms with E-state index in [-0.39, 0.29) is 12.0 Å². The average Bonchev–Trinajstić information content (AvgIpc) is 2.86. The van der Waals surface area contributed by atoms with E-state index >= 15 is 0 Å². The number of amides is 2. The molecule has 0 aliphatic carbocycles. The number of carbonyl (C=O) groups is 2. The van der Waals surface area contributed by atoms with E-state index in [1.165, 1.54) is 77.0 Å². The van der Waals surface area contributed by atoms with Crippen LogP contribution in [0.1, 0.15) is 122 Å². The molecule has 1 N–H and O–H groups in total. The van der Waals surface area contributed by atoms with Gasteiger partial charge in [0.15, 0.2) is 0 Å². The fraction of sp³-hybridized carbons (Fsp3) is 0.667. The molecule has 1 aliphatic heterocycles. The zero-order valence-corrected chi connectivity index (χ0v) is 22.4. The van der Waals surface area contributed by atoms with E-state index in [1.54, 1.807) is 11.8 Å². The van der Waals surface area contributed by atoms with Gasteiger partial charge in [-0.3, -0.25) is 4.90 Å². The average molecular weight is 485 g/mol. The Bertz CT molecular complexity index is 775. The summed E-state index contributed by atoms with van der Waals surface area (Å²) in [6, 6.07) is 9.01. The van der Waals surface area contributed by atoms with Crippen LogP contribution >= 0.6 is 0 Å². The molecule has 1 aliphatic rings. The van der Waals surface area contributed by atoms with E-state index in [0.29, 0.717) is 24.4 Å². The Morgan fingerprint density at radius 1 is 0.829 bits per heavy atom. The number of esters is 1. The van der Waals surface area contributed by atoms with Crippen molar-refractivity contribution in [2.45, 2.75) is 117 Å². The Morgan fingerprint density at radius 2 is 1.34 bits per heavy atom. The molecule has 0 bridgehead atoms. The highest BCUT2D eigenvalue weighted by Gasteiger charge is 2.36. The van der Waals surface area contributed by atoms with Gasteiger partial charge in [0.05, 0.1) is 18.2 Å². The molecular formula is C30H48N2O3. The number of nitrogens with zero attached hydrogens (tertiary/aromatic N) is 1. The quantitative estimate of drug-likeness (QED) is 0.169. The molecule has 35 heavy (non-hydrogen) atoms. The fourth-order valence-corrected chi connectivity index (χ4v) is 4.88. The van der Waals surface area contributed by atoms with Crippen molar-refractivity contribution in [1.29, 1.82) is 0 Å². The lowest BCUT2D eigenvalue weighted by Crippen LogP contribution is -2.48. The van der Waals surface area contributed by atoms with Crippen LogP contribution in [0.4, 0.5) is 4.79 Å². The number of carbonyl (C=O) groups excluding carboxylic acids is 2. The Hall–Kier alpha value is -2.30. The van der Waals surface area contributed by atoms with E-state index in [1.807, 2.05) is 37.3 Å². The minimum absolute atomic E-state index is 0.140. The molecule has 0 aromatic heterocycles. The van der Waals surface area contributed by atoms with Crippen molar-refractivity contribution in [2.75, 3.05) is 13.2 Å². The van der Waals surface area contributed by atoms with Gasteiger partial charge in [-0.25, -0.2) is 9.59 Å². The minimum Gasteiger partial charge on any atom is -0.463 e. The number of allylic oxidation sites excluding steroid dienone is 1. The Morgan fingerprint density at radius 3 is 1.86 bits per heavy atom. The standard InChI is InChI=1S/C30H48N2O3/c1-4-6-7-8-9-10-11-12-13-14-15-16-17-21-24-32-25(3)27(29(33)35-5-2)28(31-30(32)34)26-22-19-18-20-23-26/h18-20,22-23,28H,4-17,21,24H2,1-3H3,(H,31,34). The second kappa shape index (κ2) is 17.2. The number of nitrogens with one attached hydrogen (secondary N) is 1. The lowest BCUT2D eigenvalue weighted by Gasteiger charge is -2.35. The smallest absolute Gasteiger partial charge is 0.338 e. The van der Waals surface area contributed by atoms with Gasteiger partial charge in [-0.1, -0.05) is 121 Å². The molecule has 1 unspecified atom stereocenters. The van der Waals surface area contributed by atoms with Crippen molar-refractivity contribution < 1.29 is 14.3 Å². The highest BCUT2D eigenvalue weighted by molar-refractivity contribution is 5.95. The third kappa shape index (κ3) is 10.1. The molecule has 0 spiro atoms. The summed E-state index contributed by atoms with van der Waals surface area (Å²) in [7, 11) is 0. The number of ether oxygens (including phenoxy) is 1. The summed E-state index contributed by atoms with van der Waals surface area (Å²) in [6.45, 7) is 6.87. The van der Waals surface area contributed by atoms with Crippen molar-refractivity contribution in [3.8, 4) is 0 Å². The molecule has 0 saturated carbocycles. The van der Waals surface area contributed by atoms with E-state index in [9.17, 15) is 9.59 Å². The van der Waals surface area contributed by atoms with E-state index in [4.69, 9.17) is 4.74 Å². The second-order valence-corrected chi connectivity index (χ2v) is 9.76. The lowest BCUT2D eigenvalue weighted by atomic mass is 9.95. The van der Waals surface area contributed by atoms with Crippen LogP contribution < -0.4 is 5.32 Å². The van der Waals surface area contributed by atoms with Gasteiger partial charge in [0.25, 0.3) is 0 Å². The van der Waals surface area contributed by atoms with Crippen LogP contribution in [0, 0.1) is 0 Å². The van der Waals surface area contributed by atoms with Gasteiger partial charge < -0.3 is 10.1 Å². The molecule has 0 saturated heterocycles. The van der Waals surface area contributed by atoms with Crippen LogP contribution in [0.25, 0.3) is 0 Å². The van der Waals surface area contributed by atoms with Gasteiger partial charge in [-0.15, -0.1) is 0 Å². The van der Waals surface area contributed by atoms with Gasteiger partial charge >= 0.3 is 12.0 Å². The normalized spacial score (nSPS) is 15.9. The summed E-state index contributed by atoms with van der Waals surface area (Å²) in [5.74, 6) is -0.357. The molecule has 196 valence electrons. The van der Waals surface area contributed by atoms with Crippen molar-refractivity contribution in [3.05, 3.63) is 47.2 Å². The predicted octanol–water partition coefficient (Wildman–Crippen LogP) is 8.07. The number of unbranched alkanes of at least 4 members (excludes halogenated alkanes) is 13. The number of benzene rings is 1. The third-order valence-electron chi connectivity index (χ3n) is 6.96. The molecule has 1 atom stereocenters. The maximum absolute atomic E-state index is 12.9. The van der Waals surface area contributed by atoms with Gasteiger partial charge in [0.1, 0.15) is 0 Å². The topological polar surface area (TPSA) is 58.6 Å². The lowest BCUT2D eigenvalue weighted by molar-refractivity contribution is -0.139. The molecule has 1 aromatic carbocycles. The predicted molar refractivity (Wildman–Crippen MR) is 144 cm³/mol. The number of urea groups is 1. The van der Waals surface area contributed by atoms with Crippen LogP contribution in [-0.2, 0) is 9.53 Å². The number of hydrogen-bond donors (Lipinski definition) is 1. The van der Waals surface area contributed by atoms with Crippen LogP contribution in [0.2, 0.25) is 0 Å². The molecule has 5 heteroatoms. The second-order valence-electron chi connectivity index (χ2n) is 9.76. The van der Waals surface area contributed by atoms with Crippen LogP contribution in [0.3, 0.4) is 0 Å². The van der Waals surface area contributed by atoms with Crippen LogP contribution in [0.15, 0.2) is 41.6 Å². The molecule has 1 heterocycles. The largest absolute Gasteiger partial charge is 0.463 e. The van der Waals surface area contributed by atoms with Crippen LogP contribution in [0.5, 0.6) is 0 Å². The molecule has 0 radical (unpaired) electrons. The maximum Gasteiger partial charge on any atom is 0.338 e. The summed E-state index contributed by atoms with van der Waals surface area (Å²) in [4.78, 5) is 27.4. The minimum atomic E-state index is -0.477. The van der Waals surface area contributed by atoms with Gasteiger partial charge in [0, 0.05) is 12.2 Å². The van der Waals surface area contributed by atoms with Crippen LogP contribution in [-0.4, -0.2) is 30.1 Å². The summed E-state index contributed by atoms with van der Waals surface area (Å²) in [5.41, 5.74) is 2.12. The van der Waals surface area contributed by atoms with Gasteiger partial charge in [0.2, 0.25) is 0 Å². The number of hydrogen-bond acceptors (Lipinski definition) is 3. The number of rotatable bonds is 18. The Balaban J connectivity index is 1.72. The van der Waals surface area contributed by atoms with Crippen molar-refractivity contribution >= 4 is 12.0 Å². The Labute approximate surface area is 213 Å². The molecule has 0 fully saturated rings. The Kier molecular flexibility index (Phi) is 14.2. The van der Waals surface area contributed by atoms with Crippen molar-refractivity contribution in [2.24, 2.45) is 0 Å². The fourth-order valence-electron chi connectivity index (χ4n) is 4.88. The maximum atomic E-state index is 12.9. The molecule has 1 aromatic rings. The SMILES string of the molecule is CCCCCCCCCCCCCCCCN1C(=O)NC(c2ccccc2)C(C(=O)OCC)=C1C. The zero-order chi connectivity index (χ0) is 25.3. The van der Waals surface area contributed by atoms with Crippen molar-refractivity contribution in [3.63, 3.8) is 0 Å². The first-order chi connectivity index (χ1) is 17.1. The molecule has 2 amide bonds.